The van der Waals surface area contributed by atoms with Gasteiger partial charge in [0.2, 0.25) is 5.91 Å². The van der Waals surface area contributed by atoms with Gasteiger partial charge in [-0.1, -0.05) is 0 Å². The van der Waals surface area contributed by atoms with Gasteiger partial charge in [-0.3, -0.25) is 4.79 Å². The zero-order chi connectivity index (χ0) is 14.5. The van der Waals surface area contributed by atoms with Gasteiger partial charge in [-0.15, -0.1) is 0 Å². The number of nitrogens with two attached hydrogens (primary N) is 1. The van der Waals surface area contributed by atoms with E-state index in [1.54, 1.807) is 0 Å². The molecule has 1 aliphatic rings. The molecule has 1 aromatic rings. The summed E-state index contributed by atoms with van der Waals surface area (Å²) in [4.78, 5) is 11.5. The summed E-state index contributed by atoms with van der Waals surface area (Å²) >= 11 is 0. The number of amides is 1. The fourth-order valence-corrected chi connectivity index (χ4v) is 1.88. The average Bonchev–Trinajstić information content (AvgIpc) is 3.20. The van der Waals surface area contributed by atoms with Crippen LogP contribution in [0, 0.1) is 5.82 Å². The number of benzene rings is 1. The number of hydrogen-bond acceptors (Lipinski definition) is 4. The molecule has 4 N–H and O–H groups in total. The molecule has 0 saturated heterocycles. The maximum atomic E-state index is 13.7. The van der Waals surface area contributed by atoms with Gasteiger partial charge >= 0.3 is 0 Å². The summed E-state index contributed by atoms with van der Waals surface area (Å²) in [7, 11) is 1.48. The molecule has 1 saturated carbocycles. The highest BCUT2D eigenvalue weighted by molar-refractivity contribution is 5.76. The van der Waals surface area contributed by atoms with Crippen LogP contribution in [0.1, 0.15) is 25.7 Å². The Bertz CT molecular complexity index is 490. The van der Waals surface area contributed by atoms with Gasteiger partial charge in [0.05, 0.1) is 18.5 Å². The number of hydrogen-bond donors (Lipinski definition) is 3. The lowest BCUT2D eigenvalue weighted by atomic mass is 10.2. The zero-order valence-corrected chi connectivity index (χ0v) is 11.5. The van der Waals surface area contributed by atoms with Crippen molar-refractivity contribution in [2.45, 2.75) is 31.7 Å². The van der Waals surface area contributed by atoms with Crippen molar-refractivity contribution >= 4 is 17.3 Å². The van der Waals surface area contributed by atoms with Gasteiger partial charge in [0.1, 0.15) is 11.6 Å². The van der Waals surface area contributed by atoms with Crippen LogP contribution in [0.2, 0.25) is 0 Å². The quantitative estimate of drug-likeness (QED) is 0.527. The van der Waals surface area contributed by atoms with E-state index in [1.165, 1.54) is 19.2 Å². The number of rotatable bonds is 7. The maximum Gasteiger partial charge on any atom is 0.220 e. The summed E-state index contributed by atoms with van der Waals surface area (Å²) < 4.78 is 18.7. The summed E-state index contributed by atoms with van der Waals surface area (Å²) in [5.74, 6) is 0.0655. The van der Waals surface area contributed by atoms with Gasteiger partial charge in [-0.25, -0.2) is 4.39 Å². The van der Waals surface area contributed by atoms with E-state index in [0.29, 0.717) is 36.9 Å². The molecule has 0 unspecified atom stereocenters. The normalized spacial score (nSPS) is 13.9. The number of nitrogen functional groups attached to an aromatic ring is 1. The Hall–Kier alpha value is -1.98. The van der Waals surface area contributed by atoms with Crippen molar-refractivity contribution in [2.24, 2.45) is 0 Å². The van der Waals surface area contributed by atoms with Crippen molar-refractivity contribution in [1.82, 2.24) is 5.32 Å². The lowest BCUT2D eigenvalue weighted by Crippen LogP contribution is -2.25. The summed E-state index contributed by atoms with van der Waals surface area (Å²) in [6.45, 7) is 0.516. The molecule has 0 atom stereocenters. The van der Waals surface area contributed by atoms with Gasteiger partial charge in [-0.05, 0) is 19.3 Å². The number of anilines is 2. The molecule has 1 amide bonds. The molecule has 6 heteroatoms. The second-order valence-corrected chi connectivity index (χ2v) is 4.95. The molecule has 0 radical (unpaired) electrons. The van der Waals surface area contributed by atoms with E-state index >= 15 is 0 Å². The molecule has 1 fully saturated rings. The third-order valence-electron chi connectivity index (χ3n) is 3.16. The van der Waals surface area contributed by atoms with Gasteiger partial charge < -0.3 is 21.1 Å². The lowest BCUT2D eigenvalue weighted by Gasteiger charge is -2.11. The zero-order valence-electron chi connectivity index (χ0n) is 11.5. The minimum absolute atomic E-state index is 0.0599. The van der Waals surface area contributed by atoms with E-state index in [-0.39, 0.29) is 11.6 Å². The number of methoxy groups -OCH3 is 1. The van der Waals surface area contributed by atoms with E-state index in [4.69, 9.17) is 10.5 Å². The highest BCUT2D eigenvalue weighted by atomic mass is 19.1. The Morgan fingerprint density at radius 3 is 2.90 bits per heavy atom. The Morgan fingerprint density at radius 1 is 1.50 bits per heavy atom. The first-order chi connectivity index (χ1) is 9.60. The molecule has 2 rings (SSSR count). The van der Waals surface area contributed by atoms with E-state index in [2.05, 4.69) is 10.6 Å². The molecule has 0 heterocycles. The van der Waals surface area contributed by atoms with Crippen LogP contribution in [0.15, 0.2) is 12.1 Å². The number of halogens is 1. The first-order valence-corrected chi connectivity index (χ1v) is 6.76. The Morgan fingerprint density at radius 2 is 2.25 bits per heavy atom. The smallest absolute Gasteiger partial charge is 0.220 e. The molecular formula is C14H20FN3O2. The third-order valence-corrected chi connectivity index (χ3v) is 3.16. The van der Waals surface area contributed by atoms with Gasteiger partial charge in [-0.2, -0.15) is 0 Å². The molecule has 5 nitrogen and oxygen atoms in total. The van der Waals surface area contributed by atoms with Crippen molar-refractivity contribution in [3.8, 4) is 5.75 Å². The topological polar surface area (TPSA) is 76.4 Å². The monoisotopic (exact) mass is 281 g/mol. The van der Waals surface area contributed by atoms with Crippen LogP contribution in [0.5, 0.6) is 5.75 Å². The lowest BCUT2D eigenvalue weighted by molar-refractivity contribution is -0.121. The Kier molecular flexibility index (Phi) is 4.65. The van der Waals surface area contributed by atoms with Crippen LogP contribution >= 0.6 is 0 Å². The Balaban J connectivity index is 1.76. The van der Waals surface area contributed by atoms with E-state index in [1.807, 2.05) is 0 Å². The summed E-state index contributed by atoms with van der Waals surface area (Å²) in [5.41, 5.74) is 6.20. The highest BCUT2D eigenvalue weighted by Gasteiger charge is 2.22. The third kappa shape index (κ3) is 4.01. The number of ether oxygens (including phenoxy) is 1. The van der Waals surface area contributed by atoms with Gasteiger partial charge in [0, 0.05) is 31.1 Å². The molecular weight excluding hydrogens is 261 g/mol. The predicted molar refractivity (Wildman–Crippen MR) is 76.3 cm³/mol. The van der Waals surface area contributed by atoms with E-state index in [0.717, 1.165) is 12.8 Å². The van der Waals surface area contributed by atoms with Crippen LogP contribution in [0.3, 0.4) is 0 Å². The fraction of sp³-hybridized carbons (Fsp3) is 0.500. The van der Waals surface area contributed by atoms with Crippen molar-refractivity contribution < 1.29 is 13.9 Å². The second kappa shape index (κ2) is 6.45. The van der Waals surface area contributed by atoms with Crippen LogP contribution in [-0.4, -0.2) is 25.6 Å². The average molecular weight is 281 g/mol. The molecule has 1 aromatic carbocycles. The first kappa shape index (κ1) is 14.4. The van der Waals surface area contributed by atoms with Crippen molar-refractivity contribution in [3.05, 3.63) is 17.9 Å². The van der Waals surface area contributed by atoms with Crippen molar-refractivity contribution in [1.29, 1.82) is 0 Å². The number of nitrogens with one attached hydrogen (secondary N) is 2. The van der Waals surface area contributed by atoms with E-state index in [9.17, 15) is 9.18 Å². The van der Waals surface area contributed by atoms with Crippen molar-refractivity contribution in [3.63, 3.8) is 0 Å². The molecule has 1 aliphatic carbocycles. The highest BCUT2D eigenvalue weighted by Crippen LogP contribution is 2.28. The number of carbonyl (C=O) groups is 1. The summed E-state index contributed by atoms with van der Waals surface area (Å²) in [6.07, 6.45) is 3.25. The standard InChI is InChI=1S/C14H20FN3O2/c1-20-13-8-12(10(15)7-11(13)16)17-6-2-3-14(19)18-9-4-5-9/h7-9,17H,2-6,16H2,1H3,(H,18,19). The van der Waals surface area contributed by atoms with Crippen molar-refractivity contribution in [2.75, 3.05) is 24.7 Å². The van der Waals surface area contributed by atoms with Gasteiger partial charge in [0.15, 0.2) is 0 Å². The maximum absolute atomic E-state index is 13.7. The first-order valence-electron chi connectivity index (χ1n) is 6.76. The van der Waals surface area contributed by atoms with Crippen LogP contribution < -0.4 is 21.1 Å². The second-order valence-electron chi connectivity index (χ2n) is 4.95. The van der Waals surface area contributed by atoms with Crippen LogP contribution in [0.4, 0.5) is 15.8 Å². The molecule has 20 heavy (non-hydrogen) atoms. The number of carbonyl (C=O) groups excluding carboxylic acids is 1. The molecule has 110 valence electrons. The van der Waals surface area contributed by atoms with E-state index < -0.39 is 5.82 Å². The van der Waals surface area contributed by atoms with Crippen LogP contribution in [0.25, 0.3) is 0 Å². The minimum Gasteiger partial charge on any atom is -0.495 e. The largest absolute Gasteiger partial charge is 0.495 e. The SMILES string of the molecule is COc1cc(NCCCC(=O)NC2CC2)c(F)cc1N. The predicted octanol–water partition coefficient (Wildman–Crippen LogP) is 1.89. The molecule has 0 aliphatic heterocycles. The Labute approximate surface area is 117 Å². The fourth-order valence-electron chi connectivity index (χ4n) is 1.88. The summed E-state index contributed by atoms with van der Waals surface area (Å²) in [5, 5.41) is 5.86. The molecule has 0 bridgehead atoms. The van der Waals surface area contributed by atoms with Crippen LogP contribution in [-0.2, 0) is 4.79 Å². The summed E-state index contributed by atoms with van der Waals surface area (Å²) in [6, 6.07) is 3.13. The molecule has 0 aromatic heterocycles. The molecule has 0 spiro atoms. The van der Waals surface area contributed by atoms with Gasteiger partial charge in [0.25, 0.3) is 0 Å². The minimum atomic E-state index is -0.425.